The molecule has 0 aliphatic heterocycles. The van der Waals surface area contributed by atoms with Crippen LogP contribution in [0.1, 0.15) is 12.8 Å². The summed E-state index contributed by atoms with van der Waals surface area (Å²) in [6.07, 6.45) is 1.79. The van der Waals surface area contributed by atoms with Crippen molar-refractivity contribution in [2.75, 3.05) is 0 Å². The molecule has 1 aromatic carbocycles. The largest absolute Gasteiger partial charge is 0.242 e. The Labute approximate surface area is 98.4 Å². The predicted octanol–water partition coefficient (Wildman–Crippen LogP) is 2.43. The first-order valence-corrected chi connectivity index (χ1v) is 6.70. The van der Waals surface area contributed by atoms with E-state index >= 15 is 0 Å². The average Bonchev–Trinajstić information content (AvgIpc) is 2.86. The first kappa shape index (κ1) is 11.2. The van der Waals surface area contributed by atoms with Gasteiger partial charge in [0.2, 0.25) is 10.0 Å². The van der Waals surface area contributed by atoms with Gasteiger partial charge >= 0.3 is 0 Å². The number of hydrogen-bond acceptors (Lipinski definition) is 2. The van der Waals surface area contributed by atoms with Crippen molar-refractivity contribution in [2.24, 2.45) is 0 Å². The molecule has 1 saturated carbocycles. The Morgan fingerprint density at radius 3 is 2.47 bits per heavy atom. The second kappa shape index (κ2) is 3.94. The maximum atomic E-state index is 11.8. The molecule has 0 saturated heterocycles. The molecule has 6 heteroatoms. The quantitative estimate of drug-likeness (QED) is 0.913. The van der Waals surface area contributed by atoms with E-state index in [1.807, 2.05) is 0 Å². The Balaban J connectivity index is 2.34. The van der Waals surface area contributed by atoms with Gasteiger partial charge < -0.3 is 0 Å². The molecule has 1 aliphatic carbocycles. The number of rotatable bonds is 3. The highest BCUT2D eigenvalue weighted by Crippen LogP contribution is 2.27. The van der Waals surface area contributed by atoms with Crippen LogP contribution < -0.4 is 4.72 Å². The third-order valence-electron chi connectivity index (χ3n) is 2.08. The van der Waals surface area contributed by atoms with Crippen molar-refractivity contribution in [3.8, 4) is 0 Å². The lowest BCUT2D eigenvalue weighted by molar-refractivity contribution is 0.581. The van der Waals surface area contributed by atoms with Gasteiger partial charge in [-0.25, -0.2) is 13.1 Å². The molecule has 1 aromatic rings. The smallest absolute Gasteiger partial charge is 0.208 e. The number of halogens is 2. The molecule has 0 spiro atoms. The van der Waals surface area contributed by atoms with Crippen LogP contribution >= 0.6 is 23.2 Å². The van der Waals surface area contributed by atoms with E-state index in [0.29, 0.717) is 5.02 Å². The van der Waals surface area contributed by atoms with Crippen LogP contribution in [0.2, 0.25) is 10.0 Å². The number of nitrogens with one attached hydrogen (secondary N) is 1. The standard InChI is InChI=1S/C9H9Cl2NO2S/c10-6-1-4-9(8(11)5-6)15(13,14)12-7-2-3-7/h1,4-5,7,12H,2-3H2. The number of sulfonamides is 1. The van der Waals surface area contributed by atoms with E-state index in [4.69, 9.17) is 23.2 Å². The van der Waals surface area contributed by atoms with Gasteiger partial charge in [0.25, 0.3) is 0 Å². The van der Waals surface area contributed by atoms with E-state index in [-0.39, 0.29) is 16.0 Å². The summed E-state index contributed by atoms with van der Waals surface area (Å²) in [6, 6.07) is 4.41. The fraction of sp³-hybridized carbons (Fsp3) is 0.333. The zero-order valence-corrected chi connectivity index (χ0v) is 10.0. The molecule has 1 N–H and O–H groups in total. The van der Waals surface area contributed by atoms with Crippen LogP contribution in [0, 0.1) is 0 Å². The number of benzene rings is 1. The Morgan fingerprint density at radius 2 is 1.93 bits per heavy atom. The second-order valence-corrected chi connectivity index (χ2v) is 6.00. The molecule has 0 radical (unpaired) electrons. The van der Waals surface area contributed by atoms with Crippen molar-refractivity contribution in [3.63, 3.8) is 0 Å². The third kappa shape index (κ3) is 2.64. The van der Waals surface area contributed by atoms with E-state index in [1.165, 1.54) is 18.2 Å². The molecule has 15 heavy (non-hydrogen) atoms. The van der Waals surface area contributed by atoms with Crippen molar-refractivity contribution in [1.82, 2.24) is 4.72 Å². The summed E-state index contributed by atoms with van der Waals surface area (Å²) in [4.78, 5) is 0.0838. The average molecular weight is 266 g/mol. The summed E-state index contributed by atoms with van der Waals surface area (Å²) in [6.45, 7) is 0. The van der Waals surface area contributed by atoms with Gasteiger partial charge in [-0.1, -0.05) is 23.2 Å². The van der Waals surface area contributed by atoms with Crippen molar-refractivity contribution in [1.29, 1.82) is 0 Å². The Morgan fingerprint density at radius 1 is 1.27 bits per heavy atom. The van der Waals surface area contributed by atoms with E-state index in [1.54, 1.807) is 0 Å². The second-order valence-electron chi connectivity index (χ2n) is 3.47. The van der Waals surface area contributed by atoms with Crippen LogP contribution in [0.15, 0.2) is 23.1 Å². The lowest BCUT2D eigenvalue weighted by Crippen LogP contribution is -2.25. The van der Waals surface area contributed by atoms with Crippen molar-refractivity contribution < 1.29 is 8.42 Å². The van der Waals surface area contributed by atoms with Crippen LogP contribution in [-0.2, 0) is 10.0 Å². The maximum absolute atomic E-state index is 11.8. The molecular weight excluding hydrogens is 257 g/mol. The normalized spacial score (nSPS) is 16.7. The van der Waals surface area contributed by atoms with Crippen LogP contribution in [-0.4, -0.2) is 14.5 Å². The number of hydrogen-bond donors (Lipinski definition) is 1. The molecular formula is C9H9Cl2NO2S. The maximum Gasteiger partial charge on any atom is 0.242 e. The molecule has 0 unspecified atom stereocenters. The van der Waals surface area contributed by atoms with Crippen molar-refractivity contribution in [3.05, 3.63) is 28.2 Å². The van der Waals surface area contributed by atoms with Crippen LogP contribution in [0.4, 0.5) is 0 Å². The van der Waals surface area contributed by atoms with E-state index in [0.717, 1.165) is 12.8 Å². The zero-order chi connectivity index (χ0) is 11.1. The van der Waals surface area contributed by atoms with Gasteiger partial charge in [0.05, 0.1) is 5.02 Å². The van der Waals surface area contributed by atoms with Crippen LogP contribution in [0.5, 0.6) is 0 Å². The predicted molar refractivity (Wildman–Crippen MR) is 59.8 cm³/mol. The summed E-state index contributed by atoms with van der Waals surface area (Å²) in [5.41, 5.74) is 0. The third-order valence-corrected chi connectivity index (χ3v) is 4.32. The fourth-order valence-electron chi connectivity index (χ4n) is 1.18. The van der Waals surface area contributed by atoms with Gasteiger partial charge in [-0.3, -0.25) is 0 Å². The van der Waals surface area contributed by atoms with Crippen molar-refractivity contribution in [2.45, 2.75) is 23.8 Å². The lowest BCUT2D eigenvalue weighted by Gasteiger charge is -2.07. The minimum Gasteiger partial charge on any atom is -0.208 e. The fourth-order valence-corrected chi connectivity index (χ4v) is 3.25. The molecule has 0 atom stereocenters. The van der Waals surface area contributed by atoms with Gasteiger partial charge in [0.1, 0.15) is 4.90 Å². The highest BCUT2D eigenvalue weighted by atomic mass is 35.5. The molecule has 82 valence electrons. The van der Waals surface area contributed by atoms with Gasteiger partial charge in [-0.15, -0.1) is 0 Å². The SMILES string of the molecule is O=S(=O)(NC1CC1)c1ccc(Cl)cc1Cl. The zero-order valence-electron chi connectivity index (χ0n) is 7.70. The topological polar surface area (TPSA) is 46.2 Å². The minimum atomic E-state index is -3.49. The molecule has 2 rings (SSSR count). The molecule has 3 nitrogen and oxygen atoms in total. The Bertz CT molecular complexity index is 483. The molecule has 1 aliphatic rings. The van der Waals surface area contributed by atoms with Crippen molar-refractivity contribution >= 4 is 33.2 Å². The Kier molecular flexibility index (Phi) is 2.94. The summed E-state index contributed by atoms with van der Waals surface area (Å²) in [5.74, 6) is 0. The van der Waals surface area contributed by atoms with Gasteiger partial charge in [0, 0.05) is 11.1 Å². The van der Waals surface area contributed by atoms with E-state index in [2.05, 4.69) is 4.72 Å². The van der Waals surface area contributed by atoms with Gasteiger partial charge in [0.15, 0.2) is 0 Å². The van der Waals surface area contributed by atoms with Gasteiger partial charge in [-0.05, 0) is 31.0 Å². The summed E-state index contributed by atoms with van der Waals surface area (Å²) in [5, 5.41) is 0.570. The highest BCUT2D eigenvalue weighted by Gasteiger charge is 2.29. The molecule has 0 aromatic heterocycles. The van der Waals surface area contributed by atoms with E-state index < -0.39 is 10.0 Å². The van der Waals surface area contributed by atoms with Crippen LogP contribution in [0.3, 0.4) is 0 Å². The minimum absolute atomic E-state index is 0.0711. The van der Waals surface area contributed by atoms with Gasteiger partial charge in [-0.2, -0.15) is 0 Å². The summed E-state index contributed by atoms with van der Waals surface area (Å²) < 4.78 is 26.1. The molecule has 0 heterocycles. The molecule has 0 amide bonds. The Hall–Kier alpha value is -0.290. The highest BCUT2D eigenvalue weighted by molar-refractivity contribution is 7.89. The van der Waals surface area contributed by atoms with Crippen LogP contribution in [0.25, 0.3) is 0 Å². The first-order chi connectivity index (χ1) is 6.99. The lowest BCUT2D eigenvalue weighted by atomic mass is 10.4. The van der Waals surface area contributed by atoms with E-state index in [9.17, 15) is 8.42 Å². The molecule has 0 bridgehead atoms. The summed E-state index contributed by atoms with van der Waals surface area (Å²) in [7, 11) is -3.49. The first-order valence-electron chi connectivity index (χ1n) is 4.46. The molecule has 1 fully saturated rings. The summed E-state index contributed by atoms with van der Waals surface area (Å²) >= 11 is 11.5. The monoisotopic (exact) mass is 265 g/mol.